The van der Waals surface area contributed by atoms with Crippen molar-refractivity contribution in [1.82, 2.24) is 4.90 Å². The Morgan fingerprint density at radius 2 is 2.05 bits per heavy atom. The predicted molar refractivity (Wildman–Crippen MR) is 93.3 cm³/mol. The zero-order valence-corrected chi connectivity index (χ0v) is 14.9. The lowest BCUT2D eigenvalue weighted by atomic mass is 9.84. The lowest BCUT2D eigenvalue weighted by Gasteiger charge is -2.44. The summed E-state index contributed by atoms with van der Waals surface area (Å²) < 4.78 is 0. The second-order valence-corrected chi connectivity index (χ2v) is 8.55. The Balaban J connectivity index is 1.84. The molecule has 1 saturated carbocycles. The van der Waals surface area contributed by atoms with Gasteiger partial charge in [-0.15, -0.1) is 11.3 Å². The van der Waals surface area contributed by atoms with E-state index in [1.165, 1.54) is 49.1 Å². The molecule has 3 nitrogen and oxygen atoms in total. The molecule has 4 heteroatoms. The van der Waals surface area contributed by atoms with Crippen LogP contribution >= 0.6 is 11.3 Å². The molecule has 0 atom stereocenters. The number of rotatable bonds is 3. The van der Waals surface area contributed by atoms with E-state index < -0.39 is 0 Å². The molecule has 3 rings (SSSR count). The fraction of sp³-hybridized carbons (Fsp3) is 0.722. The molecule has 1 aromatic rings. The molecule has 0 saturated heterocycles. The number of nitrogens with one attached hydrogen (secondary N) is 1. The van der Waals surface area contributed by atoms with Crippen LogP contribution in [0.15, 0.2) is 0 Å². The van der Waals surface area contributed by atoms with Crippen molar-refractivity contribution in [1.29, 1.82) is 5.26 Å². The molecule has 0 bridgehead atoms. The Kier molecular flexibility index (Phi) is 4.47. The molecule has 0 spiro atoms. The van der Waals surface area contributed by atoms with Crippen LogP contribution in [-0.2, 0) is 13.0 Å². The van der Waals surface area contributed by atoms with E-state index in [4.69, 9.17) is 0 Å². The third-order valence-electron chi connectivity index (χ3n) is 5.43. The molecular formula is C18H27N3S. The highest BCUT2D eigenvalue weighted by atomic mass is 32.1. The van der Waals surface area contributed by atoms with Gasteiger partial charge in [-0.3, -0.25) is 4.90 Å². The van der Waals surface area contributed by atoms with Gasteiger partial charge in [-0.25, -0.2) is 0 Å². The monoisotopic (exact) mass is 317 g/mol. The molecule has 120 valence electrons. The maximum Gasteiger partial charge on any atom is 0.107 e. The maximum atomic E-state index is 9.53. The van der Waals surface area contributed by atoms with Gasteiger partial charge in [0.1, 0.15) is 11.1 Å². The van der Waals surface area contributed by atoms with Gasteiger partial charge in [-0.2, -0.15) is 5.26 Å². The molecule has 2 heterocycles. The highest BCUT2D eigenvalue weighted by Crippen LogP contribution is 2.42. The second kappa shape index (κ2) is 6.22. The number of hydrogen-bond acceptors (Lipinski definition) is 4. The van der Waals surface area contributed by atoms with Crippen LogP contribution in [-0.4, -0.2) is 24.0 Å². The Hall–Kier alpha value is -1.05. The lowest BCUT2D eigenvalue weighted by Crippen LogP contribution is -2.50. The van der Waals surface area contributed by atoms with Gasteiger partial charge < -0.3 is 5.32 Å². The van der Waals surface area contributed by atoms with Gasteiger partial charge in [-0.1, -0.05) is 19.3 Å². The Morgan fingerprint density at radius 1 is 1.32 bits per heavy atom. The van der Waals surface area contributed by atoms with E-state index in [1.807, 2.05) is 7.05 Å². The molecule has 2 aliphatic rings. The molecule has 1 aromatic heterocycles. The molecule has 1 aliphatic carbocycles. The Labute approximate surface area is 138 Å². The van der Waals surface area contributed by atoms with E-state index >= 15 is 0 Å². The van der Waals surface area contributed by atoms with Crippen molar-refractivity contribution in [3.8, 4) is 6.07 Å². The largest absolute Gasteiger partial charge is 0.379 e. The van der Waals surface area contributed by atoms with Crippen LogP contribution in [0.3, 0.4) is 0 Å². The minimum absolute atomic E-state index is 0.201. The fourth-order valence-electron chi connectivity index (χ4n) is 4.02. The highest BCUT2D eigenvalue weighted by molar-refractivity contribution is 7.16. The number of nitrogens with zero attached hydrogens (tertiary/aromatic N) is 2. The molecule has 22 heavy (non-hydrogen) atoms. The number of anilines is 1. The van der Waals surface area contributed by atoms with Crippen molar-refractivity contribution in [2.24, 2.45) is 5.92 Å². The van der Waals surface area contributed by atoms with Crippen molar-refractivity contribution in [3.05, 3.63) is 16.0 Å². The molecule has 0 unspecified atom stereocenters. The Bertz CT molecular complexity index is 576. The first-order valence-corrected chi connectivity index (χ1v) is 9.34. The van der Waals surface area contributed by atoms with E-state index in [0.29, 0.717) is 0 Å². The summed E-state index contributed by atoms with van der Waals surface area (Å²) >= 11 is 1.78. The van der Waals surface area contributed by atoms with Gasteiger partial charge in [0.25, 0.3) is 0 Å². The molecule has 1 aliphatic heterocycles. The minimum Gasteiger partial charge on any atom is -0.379 e. The summed E-state index contributed by atoms with van der Waals surface area (Å²) in [7, 11) is 1.92. The molecule has 0 aromatic carbocycles. The van der Waals surface area contributed by atoms with Gasteiger partial charge in [-0.05, 0) is 32.6 Å². The summed E-state index contributed by atoms with van der Waals surface area (Å²) in [5.74, 6) is 0.850. The lowest BCUT2D eigenvalue weighted by molar-refractivity contribution is 0.0706. The zero-order chi connectivity index (χ0) is 15.7. The molecule has 1 fully saturated rings. The van der Waals surface area contributed by atoms with Gasteiger partial charge in [0.15, 0.2) is 0 Å². The van der Waals surface area contributed by atoms with Crippen LogP contribution in [0.5, 0.6) is 0 Å². The van der Waals surface area contributed by atoms with Gasteiger partial charge in [0.05, 0.1) is 5.56 Å². The first-order chi connectivity index (χ1) is 10.5. The molecular weight excluding hydrogens is 290 g/mol. The molecule has 0 amide bonds. The number of thiophene rings is 1. The van der Waals surface area contributed by atoms with Crippen molar-refractivity contribution in [3.63, 3.8) is 0 Å². The van der Waals surface area contributed by atoms with Gasteiger partial charge in [0.2, 0.25) is 0 Å². The van der Waals surface area contributed by atoms with Crippen molar-refractivity contribution >= 4 is 16.3 Å². The highest BCUT2D eigenvalue weighted by Gasteiger charge is 2.37. The summed E-state index contributed by atoms with van der Waals surface area (Å²) in [5, 5.41) is 13.8. The SMILES string of the molecule is CNc1sc2c(c1C#N)CN(CC1CCCCC1)C(C)(C)C2. The quantitative estimate of drug-likeness (QED) is 0.899. The van der Waals surface area contributed by atoms with Crippen LogP contribution in [0, 0.1) is 17.2 Å². The van der Waals surface area contributed by atoms with Gasteiger partial charge >= 0.3 is 0 Å². The summed E-state index contributed by atoms with van der Waals surface area (Å²) in [6, 6.07) is 2.43. The number of nitriles is 1. The van der Waals surface area contributed by atoms with Gasteiger partial charge in [0, 0.05) is 42.5 Å². The maximum absolute atomic E-state index is 9.53. The van der Waals surface area contributed by atoms with Crippen LogP contribution < -0.4 is 5.32 Å². The first kappa shape index (κ1) is 15.8. The van der Waals surface area contributed by atoms with Crippen LogP contribution in [0.1, 0.15) is 62.0 Å². The average molecular weight is 318 g/mol. The van der Waals surface area contributed by atoms with Crippen molar-refractivity contribution in [2.75, 3.05) is 18.9 Å². The van der Waals surface area contributed by atoms with Crippen LogP contribution in [0.25, 0.3) is 0 Å². The first-order valence-electron chi connectivity index (χ1n) is 8.52. The summed E-state index contributed by atoms with van der Waals surface area (Å²) in [5.41, 5.74) is 2.37. The van der Waals surface area contributed by atoms with Crippen LogP contribution in [0.4, 0.5) is 5.00 Å². The number of hydrogen-bond donors (Lipinski definition) is 1. The van der Waals surface area contributed by atoms with Crippen LogP contribution in [0.2, 0.25) is 0 Å². The van der Waals surface area contributed by atoms with E-state index in [9.17, 15) is 5.26 Å². The minimum atomic E-state index is 0.201. The van der Waals surface area contributed by atoms with Crippen molar-refractivity contribution in [2.45, 2.75) is 64.5 Å². The second-order valence-electron chi connectivity index (χ2n) is 7.44. The predicted octanol–water partition coefficient (Wildman–Crippen LogP) is 4.38. The molecule has 0 radical (unpaired) electrons. The molecule has 1 N–H and O–H groups in total. The summed E-state index contributed by atoms with van der Waals surface area (Å²) in [6.45, 7) is 6.87. The summed E-state index contributed by atoms with van der Waals surface area (Å²) in [4.78, 5) is 4.05. The zero-order valence-electron chi connectivity index (χ0n) is 14.0. The summed E-state index contributed by atoms with van der Waals surface area (Å²) in [6.07, 6.45) is 8.05. The topological polar surface area (TPSA) is 39.1 Å². The standard InChI is InChI=1S/C18H27N3S/c1-18(2)9-16-15(14(10-19)17(20-3)22-16)12-21(18)11-13-7-5-4-6-8-13/h13,20H,4-9,11-12H2,1-3H3. The third-order valence-corrected chi connectivity index (χ3v) is 6.68. The number of fused-ring (bicyclic) bond motifs is 1. The average Bonchev–Trinajstić information content (AvgIpc) is 2.84. The third kappa shape index (κ3) is 2.89. The van der Waals surface area contributed by atoms with E-state index in [0.717, 1.165) is 29.4 Å². The smallest absolute Gasteiger partial charge is 0.107 e. The fourth-order valence-corrected chi connectivity index (χ4v) is 5.35. The van der Waals surface area contributed by atoms with E-state index in [-0.39, 0.29) is 5.54 Å². The van der Waals surface area contributed by atoms with E-state index in [2.05, 4.69) is 30.1 Å². The Morgan fingerprint density at radius 3 is 2.68 bits per heavy atom. The normalized spacial score (nSPS) is 22.1. The van der Waals surface area contributed by atoms with Crippen molar-refractivity contribution < 1.29 is 0 Å². The van der Waals surface area contributed by atoms with E-state index in [1.54, 1.807) is 11.3 Å².